The Labute approximate surface area is 70.5 Å². The molecule has 0 fully saturated rings. The van der Waals surface area contributed by atoms with Crippen LogP contribution in [0, 0.1) is 0 Å². The summed E-state index contributed by atoms with van der Waals surface area (Å²) in [5, 5.41) is 1.59. The van der Waals surface area contributed by atoms with Gasteiger partial charge in [0.05, 0.1) is 17.9 Å². The summed E-state index contributed by atoms with van der Waals surface area (Å²) in [6.45, 7) is 0.683. The van der Waals surface area contributed by atoms with Crippen LogP contribution in [0.2, 0.25) is 0 Å². The monoisotopic (exact) mass is 162 g/mol. The van der Waals surface area contributed by atoms with Gasteiger partial charge in [0.2, 0.25) is 0 Å². The van der Waals surface area contributed by atoms with Crippen LogP contribution >= 0.6 is 0 Å². The highest BCUT2D eigenvalue weighted by Gasteiger charge is 2.13. The third kappa shape index (κ3) is 0.931. The number of nitrogens with two attached hydrogens (primary N) is 2. The van der Waals surface area contributed by atoms with Crippen LogP contribution in [0.4, 0.5) is 11.4 Å². The van der Waals surface area contributed by atoms with Crippen molar-refractivity contribution < 1.29 is 0 Å². The van der Waals surface area contributed by atoms with Crippen molar-refractivity contribution in [3.05, 3.63) is 24.0 Å². The normalized spacial score (nSPS) is 14.6. The fourth-order valence-electron chi connectivity index (χ4n) is 1.29. The van der Waals surface area contributed by atoms with E-state index >= 15 is 0 Å². The number of rotatable bonds is 0. The van der Waals surface area contributed by atoms with Gasteiger partial charge in [-0.2, -0.15) is 0 Å². The maximum Gasteiger partial charge on any atom is 0.101 e. The Kier molecular flexibility index (Phi) is 1.48. The highest BCUT2D eigenvalue weighted by Crippen LogP contribution is 2.27. The molecule has 12 heavy (non-hydrogen) atoms. The molecule has 0 aliphatic carbocycles. The zero-order valence-electron chi connectivity index (χ0n) is 6.57. The SMILES string of the molecule is Nc1ccnc2c1N(N)CC=C2. The number of fused-ring (bicyclic) bond motifs is 1. The molecule has 4 N–H and O–H groups in total. The van der Waals surface area contributed by atoms with Gasteiger partial charge in [-0.05, 0) is 12.1 Å². The molecule has 0 atom stereocenters. The van der Waals surface area contributed by atoms with Crippen molar-refractivity contribution in [3.63, 3.8) is 0 Å². The number of nitrogens with zero attached hydrogens (tertiary/aromatic N) is 2. The van der Waals surface area contributed by atoms with Crippen molar-refractivity contribution in [1.29, 1.82) is 0 Å². The number of aromatic nitrogens is 1. The van der Waals surface area contributed by atoms with E-state index in [1.807, 2.05) is 12.2 Å². The average Bonchev–Trinajstić information content (AvgIpc) is 2.04. The molecule has 0 aromatic carbocycles. The fraction of sp³-hybridized carbons (Fsp3) is 0.125. The predicted octanol–water partition coefficient (Wildman–Crippen LogP) is 0.371. The van der Waals surface area contributed by atoms with Crippen molar-refractivity contribution in [2.75, 3.05) is 17.3 Å². The summed E-state index contributed by atoms with van der Waals surface area (Å²) in [4.78, 5) is 4.14. The predicted molar refractivity (Wildman–Crippen MR) is 49.2 cm³/mol. The van der Waals surface area contributed by atoms with Gasteiger partial charge in [0.1, 0.15) is 5.69 Å². The number of hydrazine groups is 1. The third-order valence-electron chi connectivity index (χ3n) is 1.85. The van der Waals surface area contributed by atoms with Gasteiger partial charge in [-0.25, -0.2) is 5.84 Å². The number of hydrogen-bond acceptors (Lipinski definition) is 4. The lowest BCUT2D eigenvalue weighted by molar-refractivity contribution is 0.923. The summed E-state index contributed by atoms with van der Waals surface area (Å²) in [5.74, 6) is 5.71. The van der Waals surface area contributed by atoms with E-state index in [1.54, 1.807) is 17.3 Å². The molecule has 0 spiro atoms. The molecule has 2 rings (SSSR count). The van der Waals surface area contributed by atoms with Crippen LogP contribution in [-0.4, -0.2) is 11.5 Å². The quantitative estimate of drug-likeness (QED) is 0.541. The van der Waals surface area contributed by atoms with Crippen molar-refractivity contribution in [3.8, 4) is 0 Å². The summed E-state index contributed by atoms with van der Waals surface area (Å²) in [6.07, 6.45) is 5.56. The fourth-order valence-corrected chi connectivity index (χ4v) is 1.29. The van der Waals surface area contributed by atoms with E-state index in [2.05, 4.69) is 4.98 Å². The molecule has 1 aromatic rings. The van der Waals surface area contributed by atoms with Gasteiger partial charge in [-0.3, -0.25) is 4.98 Å². The Hall–Kier alpha value is -1.55. The zero-order valence-corrected chi connectivity index (χ0v) is 6.57. The van der Waals surface area contributed by atoms with Crippen molar-refractivity contribution in [2.24, 2.45) is 5.84 Å². The van der Waals surface area contributed by atoms with E-state index in [0.29, 0.717) is 12.2 Å². The van der Waals surface area contributed by atoms with E-state index in [4.69, 9.17) is 11.6 Å². The highest BCUT2D eigenvalue weighted by atomic mass is 15.4. The van der Waals surface area contributed by atoms with E-state index in [9.17, 15) is 0 Å². The van der Waals surface area contributed by atoms with Crippen molar-refractivity contribution in [2.45, 2.75) is 0 Å². The van der Waals surface area contributed by atoms with Gasteiger partial charge in [-0.15, -0.1) is 0 Å². The maximum absolute atomic E-state index is 5.74. The van der Waals surface area contributed by atoms with Gasteiger partial charge in [0.25, 0.3) is 0 Å². The third-order valence-corrected chi connectivity index (χ3v) is 1.85. The first kappa shape index (κ1) is 7.12. The minimum Gasteiger partial charge on any atom is -0.397 e. The van der Waals surface area contributed by atoms with Crippen molar-refractivity contribution in [1.82, 2.24) is 4.98 Å². The zero-order chi connectivity index (χ0) is 8.55. The molecule has 1 aliphatic heterocycles. The maximum atomic E-state index is 5.74. The largest absolute Gasteiger partial charge is 0.397 e. The molecule has 0 unspecified atom stereocenters. The van der Waals surface area contributed by atoms with E-state index in [0.717, 1.165) is 11.4 Å². The second kappa shape index (κ2) is 2.49. The van der Waals surface area contributed by atoms with Crippen LogP contribution in [0.5, 0.6) is 0 Å². The Morgan fingerprint density at radius 3 is 3.08 bits per heavy atom. The Bertz CT molecular complexity index is 332. The van der Waals surface area contributed by atoms with Crippen molar-refractivity contribution >= 4 is 17.5 Å². The standard InChI is InChI=1S/C8H10N4/c9-6-3-4-11-7-2-1-5-12(10)8(6)7/h1-4H,5,10H2,(H2,9,11). The molecule has 0 saturated carbocycles. The lowest BCUT2D eigenvalue weighted by Gasteiger charge is -2.23. The molecule has 0 bridgehead atoms. The topological polar surface area (TPSA) is 68.2 Å². The van der Waals surface area contributed by atoms with Crippen LogP contribution in [0.3, 0.4) is 0 Å². The average molecular weight is 162 g/mol. The second-order valence-electron chi connectivity index (χ2n) is 2.69. The highest BCUT2D eigenvalue weighted by molar-refractivity contribution is 5.78. The summed E-state index contributed by atoms with van der Waals surface area (Å²) in [5.41, 5.74) is 8.07. The Morgan fingerprint density at radius 2 is 2.33 bits per heavy atom. The summed E-state index contributed by atoms with van der Waals surface area (Å²) in [6, 6.07) is 1.75. The smallest absolute Gasteiger partial charge is 0.101 e. The first-order chi connectivity index (χ1) is 5.79. The van der Waals surface area contributed by atoms with E-state index in [1.165, 1.54) is 0 Å². The minimum atomic E-state index is 0.673. The molecular weight excluding hydrogens is 152 g/mol. The molecule has 4 heteroatoms. The van der Waals surface area contributed by atoms with Crippen LogP contribution in [0.25, 0.3) is 6.08 Å². The molecule has 4 nitrogen and oxygen atoms in total. The molecule has 1 aromatic heterocycles. The summed E-state index contributed by atoms with van der Waals surface area (Å²) >= 11 is 0. The number of hydrogen-bond donors (Lipinski definition) is 2. The van der Waals surface area contributed by atoms with Gasteiger partial charge in [0, 0.05) is 6.20 Å². The molecule has 0 radical (unpaired) electrons. The summed E-state index contributed by atoms with van der Waals surface area (Å²) in [7, 11) is 0. The number of pyridine rings is 1. The lowest BCUT2D eigenvalue weighted by Crippen LogP contribution is -2.33. The second-order valence-corrected chi connectivity index (χ2v) is 2.69. The Morgan fingerprint density at radius 1 is 1.50 bits per heavy atom. The first-order valence-electron chi connectivity index (χ1n) is 3.72. The number of anilines is 2. The minimum absolute atomic E-state index is 0.673. The molecule has 1 aliphatic rings. The van der Waals surface area contributed by atoms with Crippen LogP contribution < -0.4 is 16.6 Å². The molecular formula is C8H10N4. The Balaban J connectivity index is 2.62. The molecule has 62 valence electrons. The van der Waals surface area contributed by atoms with Gasteiger partial charge < -0.3 is 10.7 Å². The lowest BCUT2D eigenvalue weighted by atomic mass is 10.2. The van der Waals surface area contributed by atoms with Gasteiger partial charge in [0.15, 0.2) is 0 Å². The molecule has 2 heterocycles. The molecule has 0 amide bonds. The molecule has 0 saturated heterocycles. The van der Waals surface area contributed by atoms with Gasteiger partial charge in [-0.1, -0.05) is 6.08 Å². The summed E-state index contributed by atoms with van der Waals surface area (Å²) < 4.78 is 0. The van der Waals surface area contributed by atoms with E-state index < -0.39 is 0 Å². The number of nitrogen functional groups attached to an aromatic ring is 1. The van der Waals surface area contributed by atoms with Crippen LogP contribution in [0.15, 0.2) is 18.3 Å². The van der Waals surface area contributed by atoms with Crippen LogP contribution in [-0.2, 0) is 0 Å². The van der Waals surface area contributed by atoms with E-state index in [-0.39, 0.29) is 0 Å². The van der Waals surface area contributed by atoms with Gasteiger partial charge >= 0.3 is 0 Å². The van der Waals surface area contributed by atoms with Crippen LogP contribution in [0.1, 0.15) is 5.69 Å². The first-order valence-corrected chi connectivity index (χ1v) is 3.72.